The van der Waals surface area contributed by atoms with Crippen LogP contribution >= 0.6 is 27.5 Å². The van der Waals surface area contributed by atoms with Crippen LogP contribution in [0, 0.1) is 0 Å². The van der Waals surface area contributed by atoms with Crippen molar-refractivity contribution in [2.75, 3.05) is 19.7 Å². The Bertz CT molecular complexity index is 513. The van der Waals surface area contributed by atoms with Crippen LogP contribution in [0.5, 0.6) is 5.75 Å². The lowest BCUT2D eigenvalue weighted by atomic mass is 10.1. The molecule has 1 heterocycles. The maximum Gasteiger partial charge on any atom is 0.265 e. The number of alkyl halides is 2. The molecule has 0 aliphatic carbocycles. The van der Waals surface area contributed by atoms with E-state index < -0.39 is 18.4 Å². The Morgan fingerprint density at radius 2 is 2.25 bits per heavy atom. The zero-order valence-electron chi connectivity index (χ0n) is 10.5. The number of halogens is 4. The Labute approximate surface area is 129 Å². The summed E-state index contributed by atoms with van der Waals surface area (Å²) in [5, 5.41) is 0.458. The van der Waals surface area contributed by atoms with Gasteiger partial charge in [0.2, 0.25) is 0 Å². The number of carbonyl (C=O) groups is 1. The highest BCUT2D eigenvalue weighted by Crippen LogP contribution is 2.32. The molecule has 0 N–H and O–H groups in total. The van der Waals surface area contributed by atoms with Gasteiger partial charge >= 0.3 is 0 Å². The van der Waals surface area contributed by atoms with Crippen molar-refractivity contribution in [1.82, 2.24) is 4.90 Å². The molecule has 1 aliphatic rings. The van der Waals surface area contributed by atoms with Gasteiger partial charge in [-0.3, -0.25) is 4.79 Å². The van der Waals surface area contributed by atoms with Crippen molar-refractivity contribution in [2.24, 2.45) is 0 Å². The van der Waals surface area contributed by atoms with Crippen LogP contribution in [0.3, 0.4) is 0 Å². The van der Waals surface area contributed by atoms with Crippen molar-refractivity contribution >= 4 is 33.4 Å². The second kappa shape index (κ2) is 6.26. The fourth-order valence-corrected chi connectivity index (χ4v) is 2.55. The molecule has 1 aliphatic heterocycles. The molecule has 3 nitrogen and oxygen atoms in total. The summed E-state index contributed by atoms with van der Waals surface area (Å²) < 4.78 is 32.3. The van der Waals surface area contributed by atoms with Crippen molar-refractivity contribution in [3.8, 4) is 5.75 Å². The fourth-order valence-electron chi connectivity index (χ4n) is 2.01. The highest BCUT2D eigenvalue weighted by molar-refractivity contribution is 9.10. The Balaban J connectivity index is 1.94. The molecule has 20 heavy (non-hydrogen) atoms. The van der Waals surface area contributed by atoms with Gasteiger partial charge in [0.1, 0.15) is 5.75 Å². The van der Waals surface area contributed by atoms with Gasteiger partial charge in [-0.25, -0.2) is 8.78 Å². The van der Waals surface area contributed by atoms with E-state index in [1.807, 2.05) is 0 Å². The van der Waals surface area contributed by atoms with Gasteiger partial charge in [0.15, 0.2) is 6.61 Å². The van der Waals surface area contributed by atoms with Crippen LogP contribution in [0.25, 0.3) is 0 Å². The molecule has 0 saturated carbocycles. The summed E-state index contributed by atoms with van der Waals surface area (Å²) in [5.74, 6) is -2.84. The molecule has 1 saturated heterocycles. The molecule has 0 aromatic heterocycles. The Hall–Kier alpha value is -0.880. The fraction of sp³-hybridized carbons (Fsp3) is 0.462. The minimum atomic E-state index is -2.80. The molecule has 7 heteroatoms. The van der Waals surface area contributed by atoms with E-state index in [9.17, 15) is 13.6 Å². The first-order valence-corrected chi connectivity index (χ1v) is 7.28. The highest BCUT2D eigenvalue weighted by atomic mass is 79.9. The lowest BCUT2D eigenvalue weighted by Crippen LogP contribution is -2.47. The van der Waals surface area contributed by atoms with Crippen LogP contribution < -0.4 is 4.74 Å². The number of nitrogens with zero attached hydrogens (tertiary/aromatic N) is 1. The molecule has 2 rings (SSSR count). The number of benzene rings is 1. The van der Waals surface area contributed by atoms with E-state index in [-0.39, 0.29) is 13.0 Å². The van der Waals surface area contributed by atoms with Crippen molar-refractivity contribution < 1.29 is 18.3 Å². The Kier molecular flexibility index (Phi) is 4.86. The average Bonchev–Trinajstić information content (AvgIpc) is 2.39. The van der Waals surface area contributed by atoms with Crippen LogP contribution in [0.1, 0.15) is 12.8 Å². The molecule has 1 fully saturated rings. The van der Waals surface area contributed by atoms with Gasteiger partial charge in [-0.2, -0.15) is 0 Å². The highest BCUT2D eigenvalue weighted by Gasteiger charge is 2.37. The number of likely N-dealkylation sites (tertiary alicyclic amines) is 1. The maximum absolute atomic E-state index is 13.2. The summed E-state index contributed by atoms with van der Waals surface area (Å²) in [6, 6.07) is 5.00. The molecule has 0 atom stereocenters. The van der Waals surface area contributed by atoms with E-state index in [0.717, 1.165) is 4.90 Å². The van der Waals surface area contributed by atoms with Crippen molar-refractivity contribution in [2.45, 2.75) is 18.8 Å². The third-order valence-electron chi connectivity index (χ3n) is 3.01. The molecular formula is C13H13BrClF2NO2. The lowest BCUT2D eigenvalue weighted by molar-refractivity contribution is -0.143. The van der Waals surface area contributed by atoms with E-state index in [2.05, 4.69) is 15.9 Å². The van der Waals surface area contributed by atoms with Crippen LogP contribution in [-0.2, 0) is 4.79 Å². The number of hydrogen-bond acceptors (Lipinski definition) is 2. The SMILES string of the molecule is O=C(COc1cccc(Cl)c1Br)N1CCCC(F)(F)C1. The molecule has 1 amide bonds. The van der Waals surface area contributed by atoms with E-state index in [1.165, 1.54) is 0 Å². The Morgan fingerprint density at radius 3 is 2.95 bits per heavy atom. The number of piperidine rings is 1. The van der Waals surface area contributed by atoms with Crippen LogP contribution in [0.4, 0.5) is 8.78 Å². The molecule has 0 spiro atoms. The van der Waals surface area contributed by atoms with Crippen molar-refractivity contribution in [1.29, 1.82) is 0 Å². The second-order valence-corrected chi connectivity index (χ2v) is 5.82. The van der Waals surface area contributed by atoms with Gasteiger partial charge < -0.3 is 9.64 Å². The van der Waals surface area contributed by atoms with Crippen LogP contribution in [0.2, 0.25) is 5.02 Å². The first-order valence-electron chi connectivity index (χ1n) is 6.11. The zero-order chi connectivity index (χ0) is 14.8. The number of carbonyl (C=O) groups excluding carboxylic acids is 1. The van der Waals surface area contributed by atoms with Gasteiger partial charge in [-0.05, 0) is 34.5 Å². The van der Waals surface area contributed by atoms with Gasteiger partial charge in [0.05, 0.1) is 16.0 Å². The first-order chi connectivity index (χ1) is 9.39. The second-order valence-electron chi connectivity index (χ2n) is 4.62. The molecule has 1 aromatic rings. The first kappa shape index (κ1) is 15.5. The quantitative estimate of drug-likeness (QED) is 0.813. The minimum absolute atomic E-state index is 0.169. The minimum Gasteiger partial charge on any atom is -0.483 e. The summed E-state index contributed by atoms with van der Waals surface area (Å²) in [6.07, 6.45) is 0.136. The van der Waals surface area contributed by atoms with Gasteiger partial charge in [-0.1, -0.05) is 17.7 Å². The molecule has 110 valence electrons. The summed E-state index contributed by atoms with van der Waals surface area (Å²) in [5.41, 5.74) is 0. The van der Waals surface area contributed by atoms with Crippen molar-refractivity contribution in [3.63, 3.8) is 0 Å². The van der Waals surface area contributed by atoms with Crippen LogP contribution in [0.15, 0.2) is 22.7 Å². The average molecular weight is 369 g/mol. The van der Waals surface area contributed by atoms with E-state index in [0.29, 0.717) is 28.2 Å². The molecule has 0 radical (unpaired) electrons. The summed E-state index contributed by atoms with van der Waals surface area (Å²) in [4.78, 5) is 13.0. The smallest absolute Gasteiger partial charge is 0.265 e. The van der Waals surface area contributed by atoms with E-state index in [1.54, 1.807) is 18.2 Å². The van der Waals surface area contributed by atoms with Gasteiger partial charge in [0, 0.05) is 13.0 Å². The predicted octanol–water partition coefficient (Wildman–Crippen LogP) is 3.74. The summed E-state index contributed by atoms with van der Waals surface area (Å²) in [7, 11) is 0. The number of rotatable bonds is 3. The third-order valence-corrected chi connectivity index (χ3v) is 4.37. The monoisotopic (exact) mass is 367 g/mol. The standard InChI is InChI=1S/C13H13BrClF2NO2/c14-12-9(15)3-1-4-10(12)20-7-11(19)18-6-2-5-13(16,17)8-18/h1,3-4H,2,5-8H2. The summed E-state index contributed by atoms with van der Waals surface area (Å²) >= 11 is 9.14. The molecule has 0 unspecified atom stereocenters. The number of hydrogen-bond donors (Lipinski definition) is 0. The summed E-state index contributed by atoms with van der Waals surface area (Å²) in [6.45, 7) is -0.477. The normalized spacial score (nSPS) is 17.9. The molecule has 0 bridgehead atoms. The zero-order valence-corrected chi connectivity index (χ0v) is 12.9. The van der Waals surface area contributed by atoms with Crippen molar-refractivity contribution in [3.05, 3.63) is 27.7 Å². The van der Waals surface area contributed by atoms with Gasteiger partial charge in [-0.15, -0.1) is 0 Å². The number of amides is 1. The number of ether oxygens (including phenoxy) is 1. The molecule has 1 aromatic carbocycles. The van der Waals surface area contributed by atoms with Crippen LogP contribution in [-0.4, -0.2) is 36.4 Å². The van der Waals surface area contributed by atoms with E-state index in [4.69, 9.17) is 16.3 Å². The predicted molar refractivity (Wildman–Crippen MR) is 75.4 cm³/mol. The van der Waals surface area contributed by atoms with E-state index >= 15 is 0 Å². The largest absolute Gasteiger partial charge is 0.483 e. The maximum atomic E-state index is 13.2. The third kappa shape index (κ3) is 3.82. The Morgan fingerprint density at radius 1 is 1.50 bits per heavy atom. The topological polar surface area (TPSA) is 29.5 Å². The lowest BCUT2D eigenvalue weighted by Gasteiger charge is -2.32. The molecular weight excluding hydrogens is 356 g/mol. The van der Waals surface area contributed by atoms with Gasteiger partial charge in [0.25, 0.3) is 11.8 Å².